The summed E-state index contributed by atoms with van der Waals surface area (Å²) in [4.78, 5) is 8.25. The van der Waals surface area contributed by atoms with Crippen LogP contribution in [0.4, 0.5) is 5.82 Å². The monoisotopic (exact) mass is 264 g/mol. The molecule has 0 aromatic carbocycles. The van der Waals surface area contributed by atoms with Crippen LogP contribution in [0.15, 0.2) is 12.4 Å². The van der Waals surface area contributed by atoms with Crippen molar-refractivity contribution >= 4 is 5.82 Å². The predicted octanol–water partition coefficient (Wildman–Crippen LogP) is 0.792. The van der Waals surface area contributed by atoms with Crippen LogP contribution in [-0.2, 0) is 4.74 Å². The Hall–Kier alpha value is -1.40. The molecule has 1 aliphatic heterocycles. The summed E-state index contributed by atoms with van der Waals surface area (Å²) in [7, 11) is 0. The maximum absolute atomic E-state index is 6.20. The Labute approximate surface area is 112 Å². The van der Waals surface area contributed by atoms with Crippen LogP contribution in [-0.4, -0.2) is 41.4 Å². The summed E-state index contributed by atoms with van der Waals surface area (Å²) in [6.07, 6.45) is 3.99. The molecule has 19 heavy (non-hydrogen) atoms. The first-order valence-electron chi connectivity index (χ1n) is 6.88. The number of anilines is 1. The van der Waals surface area contributed by atoms with Crippen LogP contribution < -0.4 is 15.8 Å². The first-order valence-corrected chi connectivity index (χ1v) is 6.88. The standard InChI is InChI=1S/C13H20N4O2/c1-2-18-10-6-9(15-7-16-10)17-12-11(14)8-4-3-5-19-13(8)12/h6-8,11-13H,2-5,14H2,1H3,(H,15,16,17). The third kappa shape index (κ3) is 2.37. The van der Waals surface area contributed by atoms with Gasteiger partial charge in [0.1, 0.15) is 12.1 Å². The summed E-state index contributed by atoms with van der Waals surface area (Å²) in [5, 5.41) is 3.35. The van der Waals surface area contributed by atoms with Crippen molar-refractivity contribution in [2.24, 2.45) is 11.7 Å². The Bertz CT molecular complexity index is 442. The molecule has 6 heteroatoms. The van der Waals surface area contributed by atoms with Gasteiger partial charge in [-0.2, -0.15) is 0 Å². The molecule has 0 bridgehead atoms. The molecule has 6 nitrogen and oxygen atoms in total. The lowest BCUT2D eigenvalue weighted by atomic mass is 9.68. The topological polar surface area (TPSA) is 82.3 Å². The van der Waals surface area contributed by atoms with E-state index < -0.39 is 0 Å². The number of ether oxygens (including phenoxy) is 2. The minimum absolute atomic E-state index is 0.134. The number of nitrogens with zero attached hydrogens (tertiary/aromatic N) is 2. The normalized spacial score (nSPS) is 33.2. The lowest BCUT2D eigenvalue weighted by Gasteiger charge is -2.52. The molecule has 2 heterocycles. The Morgan fingerprint density at radius 1 is 1.53 bits per heavy atom. The van der Waals surface area contributed by atoms with Crippen LogP contribution in [0.25, 0.3) is 0 Å². The molecule has 1 aromatic rings. The van der Waals surface area contributed by atoms with Gasteiger partial charge >= 0.3 is 0 Å². The molecule has 4 atom stereocenters. The number of hydrogen-bond donors (Lipinski definition) is 2. The van der Waals surface area contributed by atoms with E-state index in [1.165, 1.54) is 6.33 Å². The average Bonchev–Trinajstić information content (AvgIpc) is 2.45. The molecular weight excluding hydrogens is 244 g/mol. The Morgan fingerprint density at radius 3 is 3.26 bits per heavy atom. The van der Waals surface area contributed by atoms with Gasteiger partial charge in [0.05, 0.1) is 18.8 Å². The SMILES string of the molecule is CCOc1cc(NC2C(N)C3CCCOC32)ncn1. The molecule has 1 aliphatic carbocycles. The van der Waals surface area contributed by atoms with Crippen molar-refractivity contribution in [3.05, 3.63) is 12.4 Å². The van der Waals surface area contributed by atoms with Crippen molar-refractivity contribution in [2.75, 3.05) is 18.5 Å². The third-order valence-corrected chi connectivity index (χ3v) is 3.93. The molecule has 2 fully saturated rings. The molecule has 4 unspecified atom stereocenters. The number of aromatic nitrogens is 2. The number of nitrogens with two attached hydrogens (primary N) is 1. The largest absolute Gasteiger partial charge is 0.478 e. The smallest absolute Gasteiger partial charge is 0.218 e. The van der Waals surface area contributed by atoms with Gasteiger partial charge in [-0.1, -0.05) is 0 Å². The summed E-state index contributed by atoms with van der Waals surface area (Å²) in [5.41, 5.74) is 6.20. The van der Waals surface area contributed by atoms with Gasteiger partial charge < -0.3 is 20.5 Å². The van der Waals surface area contributed by atoms with Crippen LogP contribution in [0.1, 0.15) is 19.8 Å². The molecule has 1 saturated heterocycles. The van der Waals surface area contributed by atoms with E-state index >= 15 is 0 Å². The minimum atomic E-state index is 0.134. The van der Waals surface area contributed by atoms with Crippen molar-refractivity contribution in [3.8, 4) is 5.88 Å². The highest BCUT2D eigenvalue weighted by Crippen LogP contribution is 2.38. The summed E-state index contributed by atoms with van der Waals surface area (Å²) in [6.45, 7) is 3.35. The van der Waals surface area contributed by atoms with E-state index in [9.17, 15) is 0 Å². The molecule has 3 rings (SSSR count). The van der Waals surface area contributed by atoms with Crippen molar-refractivity contribution in [1.82, 2.24) is 9.97 Å². The highest BCUT2D eigenvalue weighted by atomic mass is 16.5. The third-order valence-electron chi connectivity index (χ3n) is 3.93. The number of nitrogens with one attached hydrogen (secondary N) is 1. The summed E-state index contributed by atoms with van der Waals surface area (Å²) >= 11 is 0. The summed E-state index contributed by atoms with van der Waals surface area (Å²) < 4.78 is 11.2. The number of rotatable bonds is 4. The second-order valence-corrected chi connectivity index (χ2v) is 5.06. The van der Waals surface area contributed by atoms with Crippen molar-refractivity contribution in [1.29, 1.82) is 0 Å². The van der Waals surface area contributed by atoms with Crippen LogP contribution >= 0.6 is 0 Å². The molecule has 0 radical (unpaired) electrons. The highest BCUT2D eigenvalue weighted by Gasteiger charge is 2.50. The molecule has 0 amide bonds. The zero-order chi connectivity index (χ0) is 13.2. The Balaban J connectivity index is 1.66. The summed E-state index contributed by atoms with van der Waals surface area (Å²) in [6, 6.07) is 2.07. The second-order valence-electron chi connectivity index (χ2n) is 5.06. The maximum atomic E-state index is 6.20. The van der Waals surface area contributed by atoms with E-state index in [0.717, 1.165) is 25.3 Å². The van der Waals surface area contributed by atoms with E-state index in [1.54, 1.807) is 6.07 Å². The van der Waals surface area contributed by atoms with Crippen molar-refractivity contribution < 1.29 is 9.47 Å². The van der Waals surface area contributed by atoms with E-state index in [2.05, 4.69) is 15.3 Å². The quantitative estimate of drug-likeness (QED) is 0.836. The van der Waals surface area contributed by atoms with Gasteiger partial charge in [0.25, 0.3) is 0 Å². The fraction of sp³-hybridized carbons (Fsp3) is 0.692. The minimum Gasteiger partial charge on any atom is -0.478 e. The maximum Gasteiger partial charge on any atom is 0.218 e. The molecule has 1 saturated carbocycles. The predicted molar refractivity (Wildman–Crippen MR) is 71.1 cm³/mol. The molecule has 0 spiro atoms. The van der Waals surface area contributed by atoms with Gasteiger partial charge in [0.15, 0.2) is 0 Å². The van der Waals surface area contributed by atoms with E-state index in [1.807, 2.05) is 6.92 Å². The molecule has 104 valence electrons. The first-order chi connectivity index (χ1) is 9.29. The first kappa shape index (κ1) is 12.6. The lowest BCUT2D eigenvalue weighted by Crippen LogP contribution is -2.69. The fourth-order valence-electron chi connectivity index (χ4n) is 2.94. The van der Waals surface area contributed by atoms with Gasteiger partial charge in [0, 0.05) is 24.6 Å². The second kappa shape index (κ2) is 5.30. The summed E-state index contributed by atoms with van der Waals surface area (Å²) in [5.74, 6) is 1.81. The molecule has 3 N–H and O–H groups in total. The molecular formula is C13H20N4O2. The Morgan fingerprint density at radius 2 is 2.42 bits per heavy atom. The molecule has 1 aromatic heterocycles. The van der Waals surface area contributed by atoms with Crippen LogP contribution in [0.5, 0.6) is 5.88 Å². The number of fused-ring (bicyclic) bond motifs is 1. The van der Waals surface area contributed by atoms with Gasteiger partial charge in [-0.3, -0.25) is 0 Å². The van der Waals surface area contributed by atoms with Gasteiger partial charge in [-0.15, -0.1) is 0 Å². The number of hydrogen-bond acceptors (Lipinski definition) is 6. The fourth-order valence-corrected chi connectivity index (χ4v) is 2.94. The van der Waals surface area contributed by atoms with Gasteiger partial charge in [-0.25, -0.2) is 9.97 Å². The Kier molecular flexibility index (Phi) is 3.52. The van der Waals surface area contributed by atoms with Crippen LogP contribution in [0, 0.1) is 5.92 Å². The highest BCUT2D eigenvalue weighted by molar-refractivity contribution is 5.40. The van der Waals surface area contributed by atoms with Crippen LogP contribution in [0.3, 0.4) is 0 Å². The van der Waals surface area contributed by atoms with Crippen molar-refractivity contribution in [3.63, 3.8) is 0 Å². The van der Waals surface area contributed by atoms with Crippen molar-refractivity contribution in [2.45, 2.75) is 38.0 Å². The molecule has 2 aliphatic rings. The van der Waals surface area contributed by atoms with Crippen LogP contribution in [0.2, 0.25) is 0 Å². The average molecular weight is 264 g/mol. The van der Waals surface area contributed by atoms with Gasteiger partial charge in [0.2, 0.25) is 5.88 Å². The zero-order valence-corrected chi connectivity index (χ0v) is 11.1. The van der Waals surface area contributed by atoms with E-state index in [4.69, 9.17) is 15.2 Å². The van der Waals surface area contributed by atoms with E-state index in [-0.39, 0.29) is 18.2 Å². The van der Waals surface area contributed by atoms with Gasteiger partial charge in [-0.05, 0) is 19.8 Å². The zero-order valence-electron chi connectivity index (χ0n) is 11.1. The lowest BCUT2D eigenvalue weighted by molar-refractivity contribution is -0.104. The van der Waals surface area contributed by atoms with E-state index in [0.29, 0.717) is 18.4 Å².